The van der Waals surface area contributed by atoms with Gasteiger partial charge < -0.3 is 4.74 Å². The first-order valence-corrected chi connectivity index (χ1v) is 7.09. The van der Waals surface area contributed by atoms with Gasteiger partial charge in [0.25, 0.3) is 0 Å². The van der Waals surface area contributed by atoms with Gasteiger partial charge in [-0.1, -0.05) is 34.1 Å². The third kappa shape index (κ3) is 2.41. The van der Waals surface area contributed by atoms with Crippen LogP contribution in [0, 0.1) is 5.41 Å². The van der Waals surface area contributed by atoms with E-state index in [0.717, 1.165) is 11.0 Å². The summed E-state index contributed by atoms with van der Waals surface area (Å²) in [7, 11) is 0. The average molecular weight is 308 g/mol. The first kappa shape index (κ1) is 11.7. The van der Waals surface area contributed by atoms with Crippen LogP contribution in [0.25, 0.3) is 5.69 Å². The van der Waals surface area contributed by atoms with E-state index in [4.69, 9.17) is 4.74 Å². The van der Waals surface area contributed by atoms with E-state index in [0.29, 0.717) is 18.0 Å². The lowest BCUT2D eigenvalue weighted by molar-refractivity contribution is 0.233. The molecule has 0 atom stereocenters. The molecule has 18 heavy (non-hydrogen) atoms. The molecule has 1 fully saturated rings. The van der Waals surface area contributed by atoms with E-state index in [1.807, 2.05) is 30.3 Å². The number of halogens is 1. The third-order valence-electron chi connectivity index (χ3n) is 3.24. The molecule has 1 aromatic carbocycles. The Morgan fingerprint density at radius 1 is 1.28 bits per heavy atom. The maximum atomic E-state index is 5.65. The van der Waals surface area contributed by atoms with E-state index in [9.17, 15) is 0 Å². The summed E-state index contributed by atoms with van der Waals surface area (Å²) >= 11 is 3.52. The predicted molar refractivity (Wildman–Crippen MR) is 72.3 cm³/mol. The minimum absolute atomic E-state index is 0.318. The number of ether oxygens (including phenoxy) is 1. The molecule has 0 unspecified atom stereocenters. The van der Waals surface area contributed by atoms with E-state index >= 15 is 0 Å². The van der Waals surface area contributed by atoms with Crippen molar-refractivity contribution in [2.75, 3.05) is 11.9 Å². The molecule has 0 spiro atoms. The molecule has 5 heteroatoms. The van der Waals surface area contributed by atoms with Crippen molar-refractivity contribution in [1.82, 2.24) is 14.8 Å². The lowest BCUT2D eigenvalue weighted by Gasteiger charge is -2.09. The maximum Gasteiger partial charge on any atom is 0.335 e. The van der Waals surface area contributed by atoms with Crippen molar-refractivity contribution in [1.29, 1.82) is 0 Å². The normalized spacial score (nSPS) is 16.5. The molecule has 0 aliphatic heterocycles. The Morgan fingerprint density at radius 3 is 2.72 bits per heavy atom. The van der Waals surface area contributed by atoms with E-state index in [1.165, 1.54) is 12.8 Å². The molecule has 1 aromatic heterocycles. The van der Waals surface area contributed by atoms with Gasteiger partial charge in [0.2, 0.25) is 0 Å². The molecular formula is C13H14BrN3O. The van der Waals surface area contributed by atoms with Crippen LogP contribution < -0.4 is 4.74 Å². The number of alkyl halides is 1. The van der Waals surface area contributed by atoms with Crippen molar-refractivity contribution in [3.63, 3.8) is 0 Å². The highest BCUT2D eigenvalue weighted by molar-refractivity contribution is 9.09. The van der Waals surface area contributed by atoms with Crippen LogP contribution in [0.3, 0.4) is 0 Å². The summed E-state index contributed by atoms with van der Waals surface area (Å²) in [5.41, 5.74) is 1.31. The van der Waals surface area contributed by atoms with Gasteiger partial charge in [-0.2, -0.15) is 4.98 Å². The second-order valence-corrected chi connectivity index (χ2v) is 5.29. The number of hydrogen-bond donors (Lipinski definition) is 0. The first-order chi connectivity index (χ1) is 8.81. The molecule has 0 bridgehead atoms. The summed E-state index contributed by atoms with van der Waals surface area (Å²) in [6.07, 6.45) is 4.12. The molecule has 94 valence electrons. The van der Waals surface area contributed by atoms with Crippen molar-refractivity contribution in [3.8, 4) is 11.7 Å². The number of hydrogen-bond acceptors (Lipinski definition) is 3. The Labute approximate surface area is 114 Å². The molecule has 1 aliphatic carbocycles. The fraction of sp³-hybridized carbons (Fsp3) is 0.385. The molecular weight excluding hydrogens is 294 g/mol. The highest BCUT2D eigenvalue weighted by Gasteiger charge is 2.42. The van der Waals surface area contributed by atoms with Gasteiger partial charge in [0.05, 0.1) is 12.3 Å². The van der Waals surface area contributed by atoms with Crippen molar-refractivity contribution < 1.29 is 4.74 Å². The van der Waals surface area contributed by atoms with Crippen molar-refractivity contribution in [2.45, 2.75) is 12.8 Å². The lowest BCUT2D eigenvalue weighted by atomic mass is 10.2. The summed E-state index contributed by atoms with van der Waals surface area (Å²) in [6, 6.07) is 10.3. The molecule has 0 saturated heterocycles. The third-order valence-corrected chi connectivity index (χ3v) is 4.43. The van der Waals surface area contributed by atoms with Gasteiger partial charge in [-0.25, -0.2) is 4.68 Å². The molecule has 1 heterocycles. The van der Waals surface area contributed by atoms with Crippen LogP contribution in [0.2, 0.25) is 0 Å². The van der Waals surface area contributed by atoms with Crippen LogP contribution in [0.15, 0.2) is 36.7 Å². The molecule has 1 aliphatic rings. The van der Waals surface area contributed by atoms with E-state index < -0.39 is 0 Å². The number of para-hydroxylation sites is 1. The Balaban J connectivity index is 1.67. The molecule has 3 rings (SSSR count). The lowest BCUT2D eigenvalue weighted by Crippen LogP contribution is -2.15. The standard InChI is InChI=1S/C13H14BrN3O/c14-8-13(6-7-13)9-18-12-15-10-17(16-12)11-4-2-1-3-5-11/h1-5,10H,6-9H2. The number of nitrogens with zero attached hydrogens (tertiary/aromatic N) is 3. The van der Waals surface area contributed by atoms with Gasteiger partial charge in [0.15, 0.2) is 0 Å². The van der Waals surface area contributed by atoms with Gasteiger partial charge in [0, 0.05) is 10.7 Å². The van der Waals surface area contributed by atoms with E-state index in [2.05, 4.69) is 26.0 Å². The fourth-order valence-corrected chi connectivity index (χ4v) is 2.45. The summed E-state index contributed by atoms with van der Waals surface area (Å²) in [5, 5.41) is 5.30. The highest BCUT2D eigenvalue weighted by atomic mass is 79.9. The van der Waals surface area contributed by atoms with Gasteiger partial charge in [0.1, 0.15) is 6.33 Å². The molecule has 1 saturated carbocycles. The Morgan fingerprint density at radius 2 is 2.06 bits per heavy atom. The SMILES string of the molecule is BrCC1(COc2ncn(-c3ccccc3)n2)CC1. The monoisotopic (exact) mass is 307 g/mol. The molecule has 0 radical (unpaired) electrons. The summed E-state index contributed by atoms with van der Waals surface area (Å²) < 4.78 is 7.38. The van der Waals surface area contributed by atoms with E-state index in [1.54, 1.807) is 11.0 Å². The minimum atomic E-state index is 0.318. The van der Waals surface area contributed by atoms with Crippen LogP contribution in [0.5, 0.6) is 6.01 Å². The quantitative estimate of drug-likeness (QED) is 0.798. The summed E-state index contributed by atoms with van der Waals surface area (Å²) in [5.74, 6) is 0. The molecule has 2 aromatic rings. The van der Waals surface area contributed by atoms with Crippen LogP contribution in [-0.2, 0) is 0 Å². The largest absolute Gasteiger partial charge is 0.462 e. The summed E-state index contributed by atoms with van der Waals surface area (Å²) in [4.78, 5) is 4.17. The average Bonchev–Trinajstić information content (AvgIpc) is 3.07. The molecule has 0 amide bonds. The zero-order valence-corrected chi connectivity index (χ0v) is 11.5. The van der Waals surface area contributed by atoms with Crippen LogP contribution in [0.1, 0.15) is 12.8 Å². The topological polar surface area (TPSA) is 39.9 Å². The van der Waals surface area contributed by atoms with Crippen molar-refractivity contribution in [2.24, 2.45) is 5.41 Å². The van der Waals surface area contributed by atoms with Gasteiger partial charge >= 0.3 is 6.01 Å². The zero-order chi connectivity index (χ0) is 12.4. The first-order valence-electron chi connectivity index (χ1n) is 5.97. The Kier molecular flexibility index (Phi) is 3.07. The predicted octanol–water partition coefficient (Wildman–Crippen LogP) is 2.82. The molecule has 4 nitrogen and oxygen atoms in total. The molecule has 0 N–H and O–H groups in total. The highest BCUT2D eigenvalue weighted by Crippen LogP contribution is 2.47. The van der Waals surface area contributed by atoms with Crippen molar-refractivity contribution in [3.05, 3.63) is 36.7 Å². The van der Waals surface area contributed by atoms with Gasteiger partial charge in [-0.05, 0) is 25.0 Å². The number of rotatable bonds is 5. The van der Waals surface area contributed by atoms with Gasteiger partial charge in [-0.15, -0.1) is 5.10 Å². The van der Waals surface area contributed by atoms with Crippen LogP contribution >= 0.6 is 15.9 Å². The number of aromatic nitrogens is 3. The smallest absolute Gasteiger partial charge is 0.335 e. The minimum Gasteiger partial charge on any atom is -0.462 e. The number of benzene rings is 1. The Bertz CT molecular complexity index is 522. The van der Waals surface area contributed by atoms with Crippen LogP contribution in [-0.4, -0.2) is 26.7 Å². The zero-order valence-electron chi connectivity index (χ0n) is 9.92. The maximum absolute atomic E-state index is 5.65. The second-order valence-electron chi connectivity index (χ2n) is 4.73. The van der Waals surface area contributed by atoms with Crippen LogP contribution in [0.4, 0.5) is 0 Å². The van der Waals surface area contributed by atoms with Gasteiger partial charge in [-0.3, -0.25) is 0 Å². The van der Waals surface area contributed by atoms with E-state index in [-0.39, 0.29) is 0 Å². The summed E-state index contributed by atoms with van der Waals surface area (Å²) in [6.45, 7) is 0.692. The fourth-order valence-electron chi connectivity index (χ4n) is 1.73. The van der Waals surface area contributed by atoms with Crippen molar-refractivity contribution >= 4 is 15.9 Å². The Hall–Kier alpha value is -1.36. The second kappa shape index (κ2) is 4.72.